The molecule has 2 aliphatic heterocycles. The summed E-state index contributed by atoms with van der Waals surface area (Å²) < 4.78 is 13.6. The Morgan fingerprint density at radius 1 is 1.29 bits per heavy atom. The number of hydrogen-bond donors (Lipinski definition) is 1. The van der Waals surface area contributed by atoms with Crippen LogP contribution in [0.1, 0.15) is 35.2 Å². The van der Waals surface area contributed by atoms with Crippen LogP contribution in [0.15, 0.2) is 18.2 Å². The topological polar surface area (TPSA) is 32.3 Å². The molecule has 0 atom stereocenters. The quantitative estimate of drug-likeness (QED) is 0.865. The minimum Gasteiger partial charge on any atom is -0.338 e. The lowest BCUT2D eigenvalue weighted by Gasteiger charge is -2.33. The second-order valence-corrected chi connectivity index (χ2v) is 6.19. The van der Waals surface area contributed by atoms with Gasteiger partial charge in [0.05, 0.1) is 0 Å². The Balaban J connectivity index is 0.00000161. The summed E-state index contributed by atoms with van der Waals surface area (Å²) in [5, 5.41) is 3.37. The van der Waals surface area contributed by atoms with Crippen molar-refractivity contribution in [3.8, 4) is 0 Å². The summed E-state index contributed by atoms with van der Waals surface area (Å²) in [5.41, 5.74) is 1.35. The molecule has 2 saturated heterocycles. The maximum atomic E-state index is 13.6. The molecule has 3 rings (SSSR count). The van der Waals surface area contributed by atoms with Crippen LogP contribution in [0, 0.1) is 18.2 Å². The molecule has 116 valence electrons. The van der Waals surface area contributed by atoms with E-state index < -0.39 is 0 Å². The molecule has 0 aliphatic carbocycles. The van der Waals surface area contributed by atoms with E-state index in [1.165, 1.54) is 6.07 Å². The van der Waals surface area contributed by atoms with Crippen LogP contribution in [0.2, 0.25) is 0 Å². The number of carbonyl (C=O) groups is 1. The summed E-state index contributed by atoms with van der Waals surface area (Å²) in [7, 11) is 0. The van der Waals surface area contributed by atoms with Crippen molar-refractivity contribution in [2.75, 3.05) is 26.2 Å². The number of aryl methyl sites for hydroxylation is 1. The molecule has 2 fully saturated rings. The second-order valence-electron chi connectivity index (χ2n) is 6.19. The van der Waals surface area contributed by atoms with E-state index in [1.807, 2.05) is 4.90 Å². The SMILES string of the molecule is Cc1ccc(C(=O)N2CCC3(CCNCC3)C2)cc1F.Cl. The third kappa shape index (κ3) is 3.22. The first-order valence-electron chi connectivity index (χ1n) is 7.36. The van der Waals surface area contributed by atoms with Gasteiger partial charge in [-0.15, -0.1) is 12.4 Å². The van der Waals surface area contributed by atoms with Crippen molar-refractivity contribution in [1.29, 1.82) is 0 Å². The molecule has 1 aromatic carbocycles. The van der Waals surface area contributed by atoms with Gasteiger partial charge in [0, 0.05) is 18.7 Å². The zero-order chi connectivity index (χ0) is 14.2. The minimum atomic E-state index is -0.299. The molecule has 1 N–H and O–H groups in total. The normalized spacial score (nSPS) is 20.4. The summed E-state index contributed by atoms with van der Waals surface area (Å²) >= 11 is 0. The Labute approximate surface area is 131 Å². The first-order chi connectivity index (χ1) is 9.60. The largest absolute Gasteiger partial charge is 0.338 e. The fraction of sp³-hybridized carbons (Fsp3) is 0.562. The number of nitrogens with zero attached hydrogens (tertiary/aromatic N) is 1. The number of amides is 1. The summed E-state index contributed by atoms with van der Waals surface area (Å²) in [6.07, 6.45) is 3.35. The van der Waals surface area contributed by atoms with E-state index in [-0.39, 0.29) is 24.1 Å². The zero-order valence-electron chi connectivity index (χ0n) is 12.3. The van der Waals surface area contributed by atoms with Crippen molar-refractivity contribution in [2.24, 2.45) is 5.41 Å². The predicted molar refractivity (Wildman–Crippen MR) is 83.4 cm³/mol. The van der Waals surface area contributed by atoms with Crippen molar-refractivity contribution < 1.29 is 9.18 Å². The standard InChI is InChI=1S/C16H21FN2O.ClH/c1-12-2-3-13(10-14(12)17)15(20)19-9-6-16(11-19)4-7-18-8-5-16;/h2-3,10,18H,4-9,11H2,1H3;1H. The van der Waals surface area contributed by atoms with Gasteiger partial charge < -0.3 is 10.2 Å². The van der Waals surface area contributed by atoms with Crippen LogP contribution in [-0.2, 0) is 0 Å². The summed E-state index contributed by atoms with van der Waals surface area (Å²) in [6.45, 7) is 5.42. The van der Waals surface area contributed by atoms with Gasteiger partial charge in [-0.05, 0) is 62.4 Å². The van der Waals surface area contributed by atoms with E-state index >= 15 is 0 Å². The molecule has 1 aromatic rings. The number of nitrogens with one attached hydrogen (secondary N) is 1. The van der Waals surface area contributed by atoms with Gasteiger partial charge in [-0.25, -0.2) is 4.39 Å². The second kappa shape index (κ2) is 6.32. The monoisotopic (exact) mass is 312 g/mol. The number of rotatable bonds is 1. The highest BCUT2D eigenvalue weighted by atomic mass is 35.5. The number of piperidine rings is 1. The minimum absolute atomic E-state index is 0. The number of carbonyl (C=O) groups excluding carboxylic acids is 1. The van der Waals surface area contributed by atoms with Crippen LogP contribution in [-0.4, -0.2) is 37.0 Å². The molecule has 1 spiro atoms. The smallest absolute Gasteiger partial charge is 0.253 e. The molecule has 0 unspecified atom stereocenters. The van der Waals surface area contributed by atoms with Crippen molar-refractivity contribution in [3.05, 3.63) is 35.1 Å². The average molecular weight is 313 g/mol. The Hall–Kier alpha value is -1.13. The fourth-order valence-corrected chi connectivity index (χ4v) is 3.38. The molecular formula is C16H22ClFN2O. The van der Waals surface area contributed by atoms with Gasteiger partial charge in [-0.3, -0.25) is 4.79 Å². The first kappa shape index (κ1) is 16.2. The molecule has 3 nitrogen and oxygen atoms in total. The molecule has 1 amide bonds. The third-order valence-electron chi connectivity index (χ3n) is 4.81. The van der Waals surface area contributed by atoms with Crippen molar-refractivity contribution in [3.63, 3.8) is 0 Å². The van der Waals surface area contributed by atoms with Gasteiger partial charge in [0.1, 0.15) is 5.82 Å². The molecule has 5 heteroatoms. The van der Waals surface area contributed by atoms with Crippen molar-refractivity contribution in [1.82, 2.24) is 10.2 Å². The molecule has 0 radical (unpaired) electrons. The number of hydrogen-bond acceptors (Lipinski definition) is 2. The van der Waals surface area contributed by atoms with Crippen LogP contribution < -0.4 is 5.32 Å². The van der Waals surface area contributed by atoms with Gasteiger partial charge >= 0.3 is 0 Å². The van der Waals surface area contributed by atoms with Crippen LogP contribution >= 0.6 is 12.4 Å². The van der Waals surface area contributed by atoms with E-state index in [0.29, 0.717) is 16.5 Å². The van der Waals surface area contributed by atoms with E-state index in [1.54, 1.807) is 19.1 Å². The van der Waals surface area contributed by atoms with E-state index in [2.05, 4.69) is 5.32 Å². The third-order valence-corrected chi connectivity index (χ3v) is 4.81. The van der Waals surface area contributed by atoms with Crippen LogP contribution in [0.5, 0.6) is 0 Å². The predicted octanol–water partition coefficient (Wildman–Crippen LogP) is 2.77. The van der Waals surface area contributed by atoms with Gasteiger partial charge in [0.15, 0.2) is 0 Å². The van der Waals surface area contributed by atoms with Crippen LogP contribution in [0.4, 0.5) is 4.39 Å². The highest BCUT2D eigenvalue weighted by Gasteiger charge is 2.40. The van der Waals surface area contributed by atoms with Gasteiger partial charge in [0.2, 0.25) is 0 Å². The Morgan fingerprint density at radius 3 is 2.67 bits per heavy atom. The van der Waals surface area contributed by atoms with E-state index in [9.17, 15) is 9.18 Å². The van der Waals surface area contributed by atoms with E-state index in [4.69, 9.17) is 0 Å². The number of halogens is 2. The van der Waals surface area contributed by atoms with Crippen molar-refractivity contribution in [2.45, 2.75) is 26.2 Å². The molecular weight excluding hydrogens is 291 g/mol. The lowest BCUT2D eigenvalue weighted by atomic mass is 9.78. The van der Waals surface area contributed by atoms with Crippen LogP contribution in [0.25, 0.3) is 0 Å². The zero-order valence-corrected chi connectivity index (χ0v) is 13.1. The van der Waals surface area contributed by atoms with Gasteiger partial charge in [0.25, 0.3) is 5.91 Å². The molecule has 2 heterocycles. The Bertz CT molecular complexity index is 529. The summed E-state index contributed by atoms with van der Waals surface area (Å²) in [4.78, 5) is 14.4. The lowest BCUT2D eigenvalue weighted by Crippen LogP contribution is -2.39. The average Bonchev–Trinajstić information content (AvgIpc) is 2.85. The summed E-state index contributed by atoms with van der Waals surface area (Å²) in [6, 6.07) is 4.78. The van der Waals surface area contributed by atoms with Gasteiger partial charge in [-0.2, -0.15) is 0 Å². The first-order valence-corrected chi connectivity index (χ1v) is 7.36. The molecule has 21 heavy (non-hydrogen) atoms. The molecule has 0 saturated carbocycles. The van der Waals surface area contributed by atoms with Gasteiger partial charge in [-0.1, -0.05) is 6.07 Å². The fourth-order valence-electron chi connectivity index (χ4n) is 3.38. The lowest BCUT2D eigenvalue weighted by molar-refractivity contribution is 0.0761. The Kier molecular flexibility index (Phi) is 4.89. The van der Waals surface area contributed by atoms with Crippen LogP contribution in [0.3, 0.4) is 0 Å². The maximum absolute atomic E-state index is 13.6. The summed E-state index contributed by atoms with van der Waals surface area (Å²) in [5.74, 6) is -0.328. The highest BCUT2D eigenvalue weighted by Crippen LogP contribution is 2.39. The number of likely N-dealkylation sites (tertiary alicyclic amines) is 1. The highest BCUT2D eigenvalue weighted by molar-refractivity contribution is 5.94. The van der Waals surface area contributed by atoms with Crippen molar-refractivity contribution >= 4 is 18.3 Å². The molecule has 0 bridgehead atoms. The molecule has 2 aliphatic rings. The number of benzene rings is 1. The Morgan fingerprint density at radius 2 is 2.00 bits per heavy atom. The maximum Gasteiger partial charge on any atom is 0.253 e. The molecule has 0 aromatic heterocycles. The van der Waals surface area contributed by atoms with E-state index in [0.717, 1.165) is 45.4 Å².